The normalized spacial score (nSPS) is 12.8. The van der Waals surface area contributed by atoms with Crippen LogP contribution in [0, 0.1) is 0 Å². The summed E-state index contributed by atoms with van der Waals surface area (Å²) in [4.78, 5) is 0.762. The van der Waals surface area contributed by atoms with Gasteiger partial charge in [-0.15, -0.1) is 0 Å². The second-order valence-electron chi connectivity index (χ2n) is 6.14. The highest BCUT2D eigenvalue weighted by atomic mass is 79.9. The first-order chi connectivity index (χ1) is 9.81. The summed E-state index contributed by atoms with van der Waals surface area (Å²) in [6.07, 6.45) is 20.2. The molecular weight excluding hydrogens is 312 g/mol. The molecule has 0 aromatic carbocycles. The zero-order valence-electron chi connectivity index (χ0n) is 13.7. The first-order valence-corrected chi connectivity index (χ1v) is 9.97. The lowest BCUT2D eigenvalue weighted by molar-refractivity contribution is 0.282. The Bertz CT molecular complexity index is 173. The number of hydrogen-bond acceptors (Lipinski definition) is 1. The van der Waals surface area contributed by atoms with E-state index < -0.39 is 0 Å². The highest BCUT2D eigenvalue weighted by Gasteiger charge is 2.03. The Kier molecular flexibility index (Phi) is 17.9. The quantitative estimate of drug-likeness (QED) is 0.245. The molecule has 2 heteroatoms. The van der Waals surface area contributed by atoms with Crippen LogP contribution in [-0.2, 0) is 0 Å². The maximum absolute atomic E-state index is 8.69. The first kappa shape index (κ1) is 20.4. The van der Waals surface area contributed by atoms with Gasteiger partial charge in [0.15, 0.2) is 0 Å². The van der Waals surface area contributed by atoms with E-state index >= 15 is 0 Å². The summed E-state index contributed by atoms with van der Waals surface area (Å²) >= 11 is 3.83. The van der Waals surface area contributed by atoms with Crippen molar-refractivity contribution in [2.45, 2.75) is 108 Å². The van der Waals surface area contributed by atoms with Gasteiger partial charge in [-0.25, -0.2) is 0 Å². The van der Waals surface area contributed by atoms with Crippen molar-refractivity contribution >= 4 is 15.9 Å². The third-order valence-electron chi connectivity index (χ3n) is 4.05. The summed E-state index contributed by atoms with van der Waals surface area (Å²) in [5.74, 6) is 0. The number of aliphatic hydroxyl groups excluding tert-OH is 1. The van der Waals surface area contributed by atoms with Gasteiger partial charge in [0.25, 0.3) is 0 Å². The Labute approximate surface area is 136 Å². The SMILES string of the molecule is CCCCCCC(Br)CCCCCCCCCCCO. The Morgan fingerprint density at radius 1 is 0.650 bits per heavy atom. The Morgan fingerprint density at radius 2 is 1.05 bits per heavy atom. The summed E-state index contributed by atoms with van der Waals surface area (Å²) in [6, 6.07) is 0. The number of rotatable bonds is 16. The van der Waals surface area contributed by atoms with Gasteiger partial charge in [0.2, 0.25) is 0 Å². The van der Waals surface area contributed by atoms with Crippen molar-refractivity contribution in [2.24, 2.45) is 0 Å². The van der Waals surface area contributed by atoms with Crippen LogP contribution in [0.1, 0.15) is 103 Å². The zero-order chi connectivity index (χ0) is 14.9. The lowest BCUT2D eigenvalue weighted by Gasteiger charge is -2.09. The molecule has 1 unspecified atom stereocenters. The molecule has 0 saturated carbocycles. The van der Waals surface area contributed by atoms with Crippen LogP contribution in [0.5, 0.6) is 0 Å². The highest BCUT2D eigenvalue weighted by molar-refractivity contribution is 9.09. The first-order valence-electron chi connectivity index (χ1n) is 9.06. The average Bonchev–Trinajstić information content (AvgIpc) is 2.45. The minimum atomic E-state index is 0.367. The third kappa shape index (κ3) is 16.5. The van der Waals surface area contributed by atoms with E-state index in [4.69, 9.17) is 5.11 Å². The van der Waals surface area contributed by atoms with Crippen molar-refractivity contribution in [1.82, 2.24) is 0 Å². The summed E-state index contributed by atoms with van der Waals surface area (Å²) in [5, 5.41) is 8.69. The molecule has 122 valence electrons. The topological polar surface area (TPSA) is 20.2 Å². The minimum Gasteiger partial charge on any atom is -0.396 e. The molecule has 0 fully saturated rings. The highest BCUT2D eigenvalue weighted by Crippen LogP contribution is 2.19. The van der Waals surface area contributed by atoms with E-state index in [1.807, 2.05) is 0 Å². The van der Waals surface area contributed by atoms with E-state index in [2.05, 4.69) is 22.9 Å². The van der Waals surface area contributed by atoms with E-state index in [0.717, 1.165) is 11.2 Å². The van der Waals surface area contributed by atoms with Crippen LogP contribution < -0.4 is 0 Å². The second-order valence-corrected chi connectivity index (χ2v) is 7.44. The monoisotopic (exact) mass is 348 g/mol. The van der Waals surface area contributed by atoms with Crippen molar-refractivity contribution in [3.05, 3.63) is 0 Å². The predicted molar refractivity (Wildman–Crippen MR) is 94.7 cm³/mol. The number of aliphatic hydroxyl groups is 1. The minimum absolute atomic E-state index is 0.367. The molecule has 0 heterocycles. The van der Waals surface area contributed by atoms with Crippen LogP contribution in [0.15, 0.2) is 0 Å². The van der Waals surface area contributed by atoms with E-state index in [9.17, 15) is 0 Å². The fourth-order valence-corrected chi connectivity index (χ4v) is 3.30. The maximum atomic E-state index is 8.69. The van der Waals surface area contributed by atoms with Crippen molar-refractivity contribution < 1.29 is 5.11 Å². The smallest absolute Gasteiger partial charge is 0.0431 e. The van der Waals surface area contributed by atoms with Gasteiger partial charge in [-0.1, -0.05) is 99.9 Å². The summed E-state index contributed by atoms with van der Waals surface area (Å²) < 4.78 is 0. The molecule has 0 spiro atoms. The van der Waals surface area contributed by atoms with Crippen molar-refractivity contribution in [1.29, 1.82) is 0 Å². The largest absolute Gasteiger partial charge is 0.396 e. The van der Waals surface area contributed by atoms with E-state index in [0.29, 0.717) is 6.61 Å². The van der Waals surface area contributed by atoms with E-state index in [-0.39, 0.29) is 0 Å². The van der Waals surface area contributed by atoms with Gasteiger partial charge in [-0.3, -0.25) is 0 Å². The lowest BCUT2D eigenvalue weighted by atomic mass is 10.0. The van der Waals surface area contributed by atoms with Crippen LogP contribution in [0.2, 0.25) is 0 Å². The fraction of sp³-hybridized carbons (Fsp3) is 1.00. The van der Waals surface area contributed by atoms with Crippen LogP contribution in [0.4, 0.5) is 0 Å². The Balaban J connectivity index is 3.07. The van der Waals surface area contributed by atoms with Gasteiger partial charge in [0, 0.05) is 11.4 Å². The maximum Gasteiger partial charge on any atom is 0.0431 e. The average molecular weight is 349 g/mol. The van der Waals surface area contributed by atoms with Crippen molar-refractivity contribution in [3.8, 4) is 0 Å². The summed E-state index contributed by atoms with van der Waals surface area (Å²) in [6.45, 7) is 2.64. The molecule has 0 amide bonds. The van der Waals surface area contributed by atoms with Crippen LogP contribution in [0.3, 0.4) is 0 Å². The van der Waals surface area contributed by atoms with Crippen LogP contribution in [0.25, 0.3) is 0 Å². The molecule has 0 aromatic heterocycles. The van der Waals surface area contributed by atoms with Gasteiger partial charge in [0.05, 0.1) is 0 Å². The molecule has 20 heavy (non-hydrogen) atoms. The Hall–Kier alpha value is 0.440. The molecule has 0 radical (unpaired) electrons. The molecule has 0 rings (SSSR count). The molecule has 0 aliphatic rings. The number of hydrogen-bond donors (Lipinski definition) is 1. The van der Waals surface area contributed by atoms with Crippen LogP contribution in [-0.4, -0.2) is 16.5 Å². The summed E-state index contributed by atoms with van der Waals surface area (Å²) in [5.41, 5.74) is 0. The van der Waals surface area contributed by atoms with E-state index in [1.165, 1.54) is 89.9 Å². The third-order valence-corrected chi connectivity index (χ3v) is 4.96. The molecule has 0 aliphatic heterocycles. The molecule has 1 atom stereocenters. The summed E-state index contributed by atoms with van der Waals surface area (Å²) in [7, 11) is 0. The fourth-order valence-electron chi connectivity index (χ4n) is 2.65. The molecule has 0 bridgehead atoms. The van der Waals surface area contributed by atoms with E-state index in [1.54, 1.807) is 0 Å². The van der Waals surface area contributed by atoms with Gasteiger partial charge in [0.1, 0.15) is 0 Å². The molecular formula is C18H37BrO. The molecule has 1 N–H and O–H groups in total. The zero-order valence-corrected chi connectivity index (χ0v) is 15.3. The molecule has 0 aromatic rings. The van der Waals surface area contributed by atoms with Gasteiger partial charge < -0.3 is 5.11 Å². The van der Waals surface area contributed by atoms with Crippen molar-refractivity contribution in [3.63, 3.8) is 0 Å². The number of halogens is 1. The van der Waals surface area contributed by atoms with Gasteiger partial charge in [-0.2, -0.15) is 0 Å². The lowest BCUT2D eigenvalue weighted by Crippen LogP contribution is -1.97. The Morgan fingerprint density at radius 3 is 1.50 bits per heavy atom. The predicted octanol–water partition coefficient (Wildman–Crippen LogP) is 6.61. The number of unbranched alkanes of at least 4 members (excludes halogenated alkanes) is 11. The van der Waals surface area contributed by atoms with Gasteiger partial charge >= 0.3 is 0 Å². The van der Waals surface area contributed by atoms with Crippen molar-refractivity contribution in [2.75, 3.05) is 6.61 Å². The number of alkyl halides is 1. The standard InChI is InChI=1S/C18H37BrO/c1-2-3-4-12-15-18(19)16-13-10-8-6-5-7-9-11-14-17-20/h18,20H,2-17H2,1H3. The molecule has 0 aliphatic carbocycles. The molecule has 0 saturated heterocycles. The van der Waals surface area contributed by atoms with Crippen LogP contribution >= 0.6 is 15.9 Å². The second kappa shape index (κ2) is 17.5. The molecule has 1 nitrogen and oxygen atoms in total. The van der Waals surface area contributed by atoms with Gasteiger partial charge in [-0.05, 0) is 19.3 Å².